The molecule has 0 radical (unpaired) electrons. The third-order valence-corrected chi connectivity index (χ3v) is 4.51. The number of hydrogen-bond donors (Lipinski definition) is 1. The second-order valence-corrected chi connectivity index (χ2v) is 6.46. The fourth-order valence-electron chi connectivity index (χ4n) is 3.56. The van der Waals surface area contributed by atoms with E-state index in [1.807, 2.05) is 0 Å². The van der Waals surface area contributed by atoms with Gasteiger partial charge in [-0.15, -0.1) is 0 Å². The third-order valence-electron chi connectivity index (χ3n) is 4.51. The minimum absolute atomic E-state index is 0.173. The molecule has 1 aliphatic rings. The Kier molecular flexibility index (Phi) is 5.14. The molecule has 1 amide bonds. The molecule has 0 bridgehead atoms. The fraction of sp³-hybridized carbons (Fsp3) is 0.421. The van der Waals surface area contributed by atoms with Gasteiger partial charge in [0.25, 0.3) is 0 Å². The van der Waals surface area contributed by atoms with E-state index in [1.165, 1.54) is 16.3 Å². The molecule has 2 N–H and O–H groups in total. The van der Waals surface area contributed by atoms with Crippen molar-refractivity contribution in [1.82, 2.24) is 4.90 Å². The summed E-state index contributed by atoms with van der Waals surface area (Å²) in [4.78, 5) is 13.8. The maximum Gasteiger partial charge on any atom is 0.220 e. The van der Waals surface area contributed by atoms with Crippen LogP contribution in [0.2, 0.25) is 0 Å². The number of benzene rings is 2. The summed E-state index contributed by atoms with van der Waals surface area (Å²) in [6, 6.07) is 14.8. The van der Waals surface area contributed by atoms with Crippen LogP contribution >= 0.6 is 0 Å². The van der Waals surface area contributed by atoms with Gasteiger partial charge in [-0.05, 0) is 16.3 Å². The van der Waals surface area contributed by atoms with Crippen LogP contribution in [0.5, 0.6) is 0 Å². The van der Waals surface area contributed by atoms with Crippen molar-refractivity contribution in [3.63, 3.8) is 0 Å². The number of ether oxygens (including phenoxy) is 2. The van der Waals surface area contributed by atoms with Crippen molar-refractivity contribution in [1.29, 1.82) is 0 Å². The van der Waals surface area contributed by atoms with Crippen LogP contribution in [0, 0.1) is 0 Å². The first-order chi connectivity index (χ1) is 11.6. The van der Waals surface area contributed by atoms with Crippen molar-refractivity contribution in [2.45, 2.75) is 18.6 Å². The summed E-state index contributed by atoms with van der Waals surface area (Å²) in [5.41, 5.74) is 6.05. The molecule has 128 valence electrons. The van der Waals surface area contributed by atoms with Gasteiger partial charge in [-0.1, -0.05) is 42.5 Å². The third kappa shape index (κ3) is 3.75. The Morgan fingerprint density at radius 2 is 2.08 bits per heavy atom. The van der Waals surface area contributed by atoms with Crippen molar-refractivity contribution < 1.29 is 14.3 Å². The first-order valence-electron chi connectivity index (χ1n) is 8.22. The molecule has 3 rings (SSSR count). The first-order valence-corrected chi connectivity index (χ1v) is 8.22. The van der Waals surface area contributed by atoms with Gasteiger partial charge in [-0.2, -0.15) is 0 Å². The standard InChI is InChI=1S/C19H24N2O3/c1-23-14-19(11-18(20)22)13-21(9-10-24-19)12-16-7-4-6-15-5-2-3-8-17(15)16/h2-8H,9-14H2,1H3,(H2,20,22)/t19-/m0/s1. The average molecular weight is 328 g/mol. The number of hydrogen-bond acceptors (Lipinski definition) is 4. The van der Waals surface area contributed by atoms with E-state index in [4.69, 9.17) is 15.2 Å². The van der Waals surface area contributed by atoms with Crippen LogP contribution in [0.15, 0.2) is 42.5 Å². The van der Waals surface area contributed by atoms with Gasteiger partial charge in [0.05, 0.1) is 19.6 Å². The van der Waals surface area contributed by atoms with Crippen LogP contribution in [0.4, 0.5) is 0 Å². The summed E-state index contributed by atoms with van der Waals surface area (Å²) in [5.74, 6) is -0.362. The van der Waals surface area contributed by atoms with Crippen molar-refractivity contribution >= 4 is 16.7 Å². The topological polar surface area (TPSA) is 64.8 Å². The molecule has 2 aromatic carbocycles. The molecule has 24 heavy (non-hydrogen) atoms. The quantitative estimate of drug-likeness (QED) is 0.880. The molecule has 1 saturated heterocycles. The number of nitrogens with two attached hydrogens (primary N) is 1. The first kappa shape index (κ1) is 16.9. The molecule has 1 fully saturated rings. The Morgan fingerprint density at radius 3 is 2.88 bits per heavy atom. The zero-order valence-corrected chi connectivity index (χ0v) is 14.0. The summed E-state index contributed by atoms with van der Waals surface area (Å²) in [6.07, 6.45) is 0.173. The summed E-state index contributed by atoms with van der Waals surface area (Å²) in [6.45, 7) is 3.21. The highest BCUT2D eigenvalue weighted by Gasteiger charge is 2.38. The van der Waals surface area contributed by atoms with Crippen LogP contribution in [-0.2, 0) is 20.8 Å². The van der Waals surface area contributed by atoms with Gasteiger partial charge >= 0.3 is 0 Å². The molecule has 1 aliphatic heterocycles. The maximum absolute atomic E-state index is 11.5. The number of nitrogens with zero attached hydrogens (tertiary/aromatic N) is 1. The summed E-state index contributed by atoms with van der Waals surface area (Å²) < 4.78 is 11.2. The van der Waals surface area contributed by atoms with Gasteiger partial charge in [-0.3, -0.25) is 9.69 Å². The van der Waals surface area contributed by atoms with Gasteiger partial charge in [0.2, 0.25) is 5.91 Å². The smallest absolute Gasteiger partial charge is 0.220 e. The van der Waals surface area contributed by atoms with E-state index in [0.717, 1.165) is 13.1 Å². The van der Waals surface area contributed by atoms with Crippen molar-refractivity contribution in [3.8, 4) is 0 Å². The Balaban J connectivity index is 1.80. The number of primary amides is 1. The summed E-state index contributed by atoms with van der Waals surface area (Å²) in [5, 5.41) is 2.50. The Hall–Kier alpha value is -1.95. The van der Waals surface area contributed by atoms with Gasteiger partial charge < -0.3 is 15.2 Å². The van der Waals surface area contributed by atoms with E-state index in [9.17, 15) is 4.79 Å². The van der Waals surface area contributed by atoms with E-state index in [1.54, 1.807) is 7.11 Å². The van der Waals surface area contributed by atoms with Crippen LogP contribution in [0.3, 0.4) is 0 Å². The highest BCUT2D eigenvalue weighted by molar-refractivity contribution is 5.85. The number of rotatable bonds is 6. The average Bonchev–Trinajstić information content (AvgIpc) is 2.55. The molecule has 5 heteroatoms. The molecule has 0 saturated carbocycles. The predicted molar refractivity (Wildman–Crippen MR) is 93.6 cm³/mol. The monoisotopic (exact) mass is 328 g/mol. The SMILES string of the molecule is COC[C@]1(CC(N)=O)CN(Cc2cccc3ccccc23)CCO1. The molecule has 0 aliphatic carbocycles. The van der Waals surface area contributed by atoms with Crippen molar-refractivity contribution in [2.24, 2.45) is 5.73 Å². The van der Waals surface area contributed by atoms with E-state index < -0.39 is 5.60 Å². The number of amides is 1. The lowest BCUT2D eigenvalue weighted by molar-refractivity contribution is -0.154. The van der Waals surface area contributed by atoms with Gasteiger partial charge in [-0.25, -0.2) is 0 Å². The summed E-state index contributed by atoms with van der Waals surface area (Å²) in [7, 11) is 1.62. The van der Waals surface area contributed by atoms with Crippen LogP contribution in [-0.4, -0.2) is 49.8 Å². The van der Waals surface area contributed by atoms with E-state index in [-0.39, 0.29) is 12.3 Å². The molecular weight excluding hydrogens is 304 g/mol. The lowest BCUT2D eigenvalue weighted by atomic mass is 9.96. The van der Waals surface area contributed by atoms with Gasteiger partial charge in [0.15, 0.2) is 0 Å². The number of carbonyl (C=O) groups is 1. The highest BCUT2D eigenvalue weighted by atomic mass is 16.5. The normalized spacial score (nSPS) is 21.9. The molecule has 0 unspecified atom stereocenters. The zero-order valence-electron chi connectivity index (χ0n) is 14.0. The second kappa shape index (κ2) is 7.30. The van der Waals surface area contributed by atoms with E-state index >= 15 is 0 Å². The molecule has 1 heterocycles. The minimum Gasteiger partial charge on any atom is -0.382 e. The Labute approximate surface area is 142 Å². The number of methoxy groups -OCH3 is 1. The minimum atomic E-state index is -0.649. The van der Waals surface area contributed by atoms with E-state index in [2.05, 4.69) is 47.4 Å². The van der Waals surface area contributed by atoms with Gasteiger partial charge in [0.1, 0.15) is 5.60 Å². The van der Waals surface area contributed by atoms with Gasteiger partial charge in [0, 0.05) is 26.7 Å². The molecular formula is C19H24N2O3. The predicted octanol–water partition coefficient (Wildman–Crippen LogP) is 1.93. The lowest BCUT2D eigenvalue weighted by Gasteiger charge is -2.42. The fourth-order valence-corrected chi connectivity index (χ4v) is 3.56. The van der Waals surface area contributed by atoms with Crippen molar-refractivity contribution in [2.75, 3.05) is 33.4 Å². The highest BCUT2D eigenvalue weighted by Crippen LogP contribution is 2.26. The molecule has 0 aromatic heterocycles. The number of fused-ring (bicyclic) bond motifs is 1. The zero-order chi connectivity index (χ0) is 17.0. The maximum atomic E-state index is 11.5. The number of carbonyl (C=O) groups excluding carboxylic acids is 1. The van der Waals surface area contributed by atoms with Crippen LogP contribution in [0.25, 0.3) is 10.8 Å². The van der Waals surface area contributed by atoms with E-state index in [0.29, 0.717) is 19.8 Å². The second-order valence-electron chi connectivity index (χ2n) is 6.46. The molecule has 0 spiro atoms. The van der Waals surface area contributed by atoms with Crippen molar-refractivity contribution in [3.05, 3.63) is 48.0 Å². The molecule has 1 atom stereocenters. The Morgan fingerprint density at radius 1 is 1.29 bits per heavy atom. The van der Waals surface area contributed by atoms with Crippen LogP contribution in [0.1, 0.15) is 12.0 Å². The number of morpholine rings is 1. The lowest BCUT2D eigenvalue weighted by Crippen LogP contribution is -2.55. The Bertz CT molecular complexity index is 709. The largest absolute Gasteiger partial charge is 0.382 e. The summed E-state index contributed by atoms with van der Waals surface area (Å²) >= 11 is 0. The molecule has 2 aromatic rings. The molecule has 5 nitrogen and oxygen atoms in total. The van der Waals surface area contributed by atoms with Crippen LogP contribution < -0.4 is 5.73 Å².